The standard InChI is InChI=1S/C24H21N3O2/c1-3-27-22-7-5-4-6-20(22)21-14-18(10-13-23(21)27)26-24(28)16(2)29-19-11-8-17(15-25)9-12-19/h4-14,16H,3H2,1-2H3,(H,26,28)/t16-/m0/s1. The summed E-state index contributed by atoms with van der Waals surface area (Å²) in [5, 5.41) is 14.1. The van der Waals surface area contributed by atoms with Crippen molar-refractivity contribution in [3.63, 3.8) is 0 Å². The van der Waals surface area contributed by atoms with E-state index >= 15 is 0 Å². The Kier molecular flexibility index (Phi) is 4.92. The number of hydrogen-bond acceptors (Lipinski definition) is 3. The average molecular weight is 383 g/mol. The molecule has 0 unspecified atom stereocenters. The van der Waals surface area contributed by atoms with Crippen LogP contribution in [0, 0.1) is 11.3 Å². The van der Waals surface area contributed by atoms with Gasteiger partial charge in [0.25, 0.3) is 5.91 Å². The van der Waals surface area contributed by atoms with Gasteiger partial charge in [0.2, 0.25) is 0 Å². The highest BCUT2D eigenvalue weighted by Gasteiger charge is 2.16. The van der Waals surface area contributed by atoms with E-state index in [9.17, 15) is 4.79 Å². The molecule has 0 saturated carbocycles. The first-order valence-corrected chi connectivity index (χ1v) is 9.59. The maximum absolute atomic E-state index is 12.6. The zero-order valence-electron chi connectivity index (χ0n) is 16.3. The fourth-order valence-corrected chi connectivity index (χ4v) is 3.58. The first kappa shape index (κ1) is 18.6. The molecule has 3 aromatic carbocycles. The number of carbonyl (C=O) groups excluding carboxylic acids is 1. The number of nitriles is 1. The fourth-order valence-electron chi connectivity index (χ4n) is 3.58. The molecule has 29 heavy (non-hydrogen) atoms. The highest BCUT2D eigenvalue weighted by Crippen LogP contribution is 2.31. The summed E-state index contributed by atoms with van der Waals surface area (Å²) in [6.45, 7) is 4.71. The van der Waals surface area contributed by atoms with Crippen molar-refractivity contribution < 1.29 is 9.53 Å². The zero-order chi connectivity index (χ0) is 20.4. The van der Waals surface area contributed by atoms with Crippen molar-refractivity contribution in [1.29, 1.82) is 5.26 Å². The largest absolute Gasteiger partial charge is 0.481 e. The molecule has 0 aliphatic heterocycles. The molecule has 5 nitrogen and oxygen atoms in total. The third kappa shape index (κ3) is 3.53. The second kappa shape index (κ2) is 7.69. The minimum Gasteiger partial charge on any atom is -0.481 e. The highest BCUT2D eigenvalue weighted by molar-refractivity contribution is 6.10. The summed E-state index contributed by atoms with van der Waals surface area (Å²) in [5.41, 5.74) is 3.62. The van der Waals surface area contributed by atoms with Crippen LogP contribution in [0.2, 0.25) is 0 Å². The number of hydrogen-bond donors (Lipinski definition) is 1. The van der Waals surface area contributed by atoms with E-state index in [0.29, 0.717) is 11.3 Å². The van der Waals surface area contributed by atoms with Crippen LogP contribution in [0.25, 0.3) is 21.8 Å². The quantitative estimate of drug-likeness (QED) is 0.522. The fraction of sp³-hybridized carbons (Fsp3) is 0.167. The molecule has 1 aromatic heterocycles. The number of para-hydroxylation sites is 1. The van der Waals surface area contributed by atoms with Crippen LogP contribution in [-0.4, -0.2) is 16.6 Å². The molecule has 1 heterocycles. The van der Waals surface area contributed by atoms with Gasteiger partial charge in [-0.25, -0.2) is 0 Å². The maximum Gasteiger partial charge on any atom is 0.265 e. The van der Waals surface area contributed by atoms with Crippen LogP contribution >= 0.6 is 0 Å². The van der Waals surface area contributed by atoms with Crippen molar-refractivity contribution in [1.82, 2.24) is 4.57 Å². The predicted octanol–water partition coefficient (Wildman–Crippen LogP) is 5.09. The van der Waals surface area contributed by atoms with Crippen LogP contribution in [0.1, 0.15) is 19.4 Å². The van der Waals surface area contributed by atoms with Gasteiger partial charge in [0.15, 0.2) is 6.10 Å². The molecule has 4 aromatic rings. The van der Waals surface area contributed by atoms with Gasteiger partial charge in [0, 0.05) is 34.0 Å². The summed E-state index contributed by atoms with van der Waals surface area (Å²) in [7, 11) is 0. The number of anilines is 1. The van der Waals surface area contributed by atoms with Gasteiger partial charge in [-0.1, -0.05) is 18.2 Å². The lowest BCUT2D eigenvalue weighted by Crippen LogP contribution is -2.30. The molecule has 144 valence electrons. The minimum atomic E-state index is -0.671. The van der Waals surface area contributed by atoms with Gasteiger partial charge in [-0.2, -0.15) is 5.26 Å². The van der Waals surface area contributed by atoms with Crippen LogP contribution in [0.5, 0.6) is 5.75 Å². The lowest BCUT2D eigenvalue weighted by molar-refractivity contribution is -0.122. The maximum atomic E-state index is 12.6. The number of carbonyl (C=O) groups is 1. The molecule has 0 spiro atoms. The molecule has 1 amide bonds. The molecule has 5 heteroatoms. The minimum absolute atomic E-state index is 0.229. The normalized spacial score (nSPS) is 11.9. The van der Waals surface area contributed by atoms with E-state index in [1.807, 2.05) is 30.3 Å². The molecule has 0 radical (unpaired) electrons. The zero-order valence-corrected chi connectivity index (χ0v) is 16.3. The van der Waals surface area contributed by atoms with Crippen LogP contribution in [-0.2, 0) is 11.3 Å². The predicted molar refractivity (Wildman–Crippen MR) is 115 cm³/mol. The third-order valence-corrected chi connectivity index (χ3v) is 5.02. The number of amides is 1. The lowest BCUT2D eigenvalue weighted by atomic mass is 10.1. The highest BCUT2D eigenvalue weighted by atomic mass is 16.5. The van der Waals surface area contributed by atoms with Gasteiger partial charge in [-0.3, -0.25) is 4.79 Å². The van der Waals surface area contributed by atoms with Gasteiger partial charge >= 0.3 is 0 Å². The first-order chi connectivity index (χ1) is 14.1. The SMILES string of the molecule is CCn1c2ccccc2c2cc(NC(=O)[C@H](C)Oc3ccc(C#N)cc3)ccc21. The Labute approximate surface area is 169 Å². The van der Waals surface area contributed by atoms with Crippen molar-refractivity contribution >= 4 is 33.4 Å². The van der Waals surface area contributed by atoms with Crippen molar-refractivity contribution in [2.45, 2.75) is 26.5 Å². The molecule has 0 fully saturated rings. The summed E-state index contributed by atoms with van der Waals surface area (Å²) >= 11 is 0. The van der Waals surface area contributed by atoms with E-state index in [1.54, 1.807) is 31.2 Å². The van der Waals surface area contributed by atoms with E-state index in [4.69, 9.17) is 10.00 Å². The molecular formula is C24H21N3O2. The van der Waals surface area contributed by atoms with Gasteiger partial charge in [0.05, 0.1) is 11.6 Å². The second-order valence-corrected chi connectivity index (χ2v) is 6.88. The number of aromatic nitrogens is 1. The van der Waals surface area contributed by atoms with Gasteiger partial charge in [0.1, 0.15) is 5.75 Å². The number of aryl methyl sites for hydroxylation is 1. The van der Waals surface area contributed by atoms with Gasteiger partial charge in [-0.05, 0) is 62.4 Å². The monoisotopic (exact) mass is 383 g/mol. The number of nitrogens with zero attached hydrogens (tertiary/aromatic N) is 2. The van der Waals surface area contributed by atoms with Gasteiger partial charge in [-0.15, -0.1) is 0 Å². The summed E-state index contributed by atoms with van der Waals surface area (Å²) in [6.07, 6.45) is -0.671. The Balaban J connectivity index is 1.56. The Morgan fingerprint density at radius 2 is 1.79 bits per heavy atom. The van der Waals surface area contributed by atoms with Crippen LogP contribution in [0.3, 0.4) is 0 Å². The lowest BCUT2D eigenvalue weighted by Gasteiger charge is -2.15. The summed E-state index contributed by atoms with van der Waals surface area (Å²) in [6, 6.07) is 23.0. The van der Waals surface area contributed by atoms with Crippen molar-refractivity contribution in [2.75, 3.05) is 5.32 Å². The smallest absolute Gasteiger partial charge is 0.265 e. The second-order valence-electron chi connectivity index (χ2n) is 6.88. The molecule has 0 bridgehead atoms. The number of benzene rings is 3. The topological polar surface area (TPSA) is 67.1 Å². The first-order valence-electron chi connectivity index (χ1n) is 9.59. The summed E-state index contributed by atoms with van der Waals surface area (Å²) in [4.78, 5) is 12.6. The number of nitrogens with one attached hydrogen (secondary N) is 1. The van der Waals surface area contributed by atoms with Crippen LogP contribution < -0.4 is 10.1 Å². The van der Waals surface area contributed by atoms with Crippen molar-refractivity contribution in [3.8, 4) is 11.8 Å². The summed E-state index contributed by atoms with van der Waals surface area (Å²) < 4.78 is 7.97. The number of fused-ring (bicyclic) bond motifs is 3. The Morgan fingerprint density at radius 1 is 1.07 bits per heavy atom. The van der Waals surface area contributed by atoms with Crippen molar-refractivity contribution in [3.05, 3.63) is 72.3 Å². The Morgan fingerprint density at radius 3 is 2.52 bits per heavy atom. The van der Waals surface area contributed by atoms with Crippen molar-refractivity contribution in [2.24, 2.45) is 0 Å². The Bertz CT molecular complexity index is 1230. The molecule has 1 atom stereocenters. The molecule has 0 aliphatic carbocycles. The number of rotatable bonds is 5. The van der Waals surface area contributed by atoms with Crippen LogP contribution in [0.4, 0.5) is 5.69 Å². The molecule has 0 saturated heterocycles. The van der Waals surface area contributed by atoms with Gasteiger partial charge < -0.3 is 14.6 Å². The Hall–Kier alpha value is -3.78. The van der Waals surface area contributed by atoms with E-state index in [2.05, 4.69) is 35.0 Å². The van der Waals surface area contributed by atoms with E-state index < -0.39 is 6.10 Å². The average Bonchev–Trinajstić information content (AvgIpc) is 3.07. The third-order valence-electron chi connectivity index (χ3n) is 5.02. The molecule has 1 N–H and O–H groups in total. The summed E-state index contributed by atoms with van der Waals surface area (Å²) in [5.74, 6) is 0.320. The number of ether oxygens (including phenoxy) is 1. The molecule has 4 rings (SSSR count). The van der Waals surface area contributed by atoms with E-state index in [0.717, 1.165) is 23.1 Å². The molecular weight excluding hydrogens is 362 g/mol. The van der Waals surface area contributed by atoms with E-state index in [-0.39, 0.29) is 5.91 Å². The molecule has 0 aliphatic rings. The van der Waals surface area contributed by atoms with E-state index in [1.165, 1.54) is 10.9 Å². The van der Waals surface area contributed by atoms with Crippen LogP contribution in [0.15, 0.2) is 66.7 Å².